The summed E-state index contributed by atoms with van der Waals surface area (Å²) in [5.41, 5.74) is 0.412. The first-order valence-electron chi connectivity index (χ1n) is 6.58. The van der Waals surface area contributed by atoms with Gasteiger partial charge in [-0.15, -0.1) is 12.4 Å². The fraction of sp³-hybridized carbons (Fsp3) is 0.429. The molecule has 1 fully saturated rings. The van der Waals surface area contributed by atoms with Crippen molar-refractivity contribution in [3.8, 4) is 0 Å². The molecule has 7 heteroatoms. The zero-order chi connectivity index (χ0) is 14.7. The maximum absolute atomic E-state index is 13.9. The van der Waals surface area contributed by atoms with Crippen LogP contribution in [0.5, 0.6) is 0 Å². The lowest BCUT2D eigenvalue weighted by molar-refractivity contribution is -0.114. The van der Waals surface area contributed by atoms with Gasteiger partial charge in [-0.1, -0.05) is 0 Å². The second kappa shape index (κ2) is 7.38. The fourth-order valence-electron chi connectivity index (χ4n) is 2.27. The molecule has 116 valence electrons. The molecule has 2 rings (SSSR count). The summed E-state index contributed by atoms with van der Waals surface area (Å²) >= 11 is 0. The maximum Gasteiger partial charge on any atom is 0.257 e. The lowest BCUT2D eigenvalue weighted by atomic mass is 10.1. The molecule has 0 radical (unpaired) electrons. The van der Waals surface area contributed by atoms with Crippen LogP contribution in [0.3, 0.4) is 0 Å². The Kier molecular flexibility index (Phi) is 6.11. The van der Waals surface area contributed by atoms with E-state index in [1.165, 1.54) is 25.1 Å². The standard InChI is InChI=1S/C14H18FN3O2.ClH/c1-9-8-16-5-6-18(9)14(20)12-7-11(17-10(2)19)3-4-13(12)15;/h3-4,7,9,16H,5-6,8H2,1-2H3,(H,17,19);1H/t9-;/m1./s1. The molecular weight excluding hydrogens is 297 g/mol. The van der Waals surface area contributed by atoms with Gasteiger partial charge in [-0.05, 0) is 25.1 Å². The summed E-state index contributed by atoms with van der Waals surface area (Å²) in [7, 11) is 0. The van der Waals surface area contributed by atoms with E-state index < -0.39 is 5.82 Å². The van der Waals surface area contributed by atoms with E-state index in [4.69, 9.17) is 0 Å². The lowest BCUT2D eigenvalue weighted by Crippen LogP contribution is -2.52. The van der Waals surface area contributed by atoms with Gasteiger partial charge in [0.05, 0.1) is 5.56 Å². The predicted octanol–water partition coefficient (Wildman–Crippen LogP) is 1.64. The lowest BCUT2D eigenvalue weighted by Gasteiger charge is -2.34. The summed E-state index contributed by atoms with van der Waals surface area (Å²) in [6, 6.07) is 4.04. The van der Waals surface area contributed by atoms with Gasteiger partial charge in [0.25, 0.3) is 5.91 Å². The molecule has 1 atom stereocenters. The van der Waals surface area contributed by atoms with Gasteiger partial charge in [0.15, 0.2) is 0 Å². The van der Waals surface area contributed by atoms with Crippen molar-refractivity contribution in [2.24, 2.45) is 0 Å². The number of halogens is 2. The highest BCUT2D eigenvalue weighted by atomic mass is 35.5. The van der Waals surface area contributed by atoms with Crippen molar-refractivity contribution in [1.29, 1.82) is 0 Å². The molecule has 5 nitrogen and oxygen atoms in total. The van der Waals surface area contributed by atoms with Crippen LogP contribution in [0, 0.1) is 5.82 Å². The third kappa shape index (κ3) is 4.15. The predicted molar refractivity (Wildman–Crippen MR) is 81.3 cm³/mol. The first-order chi connectivity index (χ1) is 9.49. The average molecular weight is 316 g/mol. The van der Waals surface area contributed by atoms with Gasteiger partial charge in [0, 0.05) is 38.3 Å². The number of rotatable bonds is 2. The normalized spacial score (nSPS) is 17.9. The van der Waals surface area contributed by atoms with Crippen LogP contribution in [0.4, 0.5) is 10.1 Å². The van der Waals surface area contributed by atoms with E-state index in [1.54, 1.807) is 4.90 Å². The Hall–Kier alpha value is -1.66. The van der Waals surface area contributed by atoms with Crippen LogP contribution in [0.2, 0.25) is 0 Å². The number of hydrogen-bond acceptors (Lipinski definition) is 3. The molecule has 1 heterocycles. The summed E-state index contributed by atoms with van der Waals surface area (Å²) in [6.07, 6.45) is 0. The summed E-state index contributed by atoms with van der Waals surface area (Å²) < 4.78 is 13.9. The molecule has 1 aliphatic heterocycles. The molecule has 0 spiro atoms. The van der Waals surface area contributed by atoms with E-state index in [0.29, 0.717) is 25.3 Å². The molecule has 2 N–H and O–H groups in total. The molecule has 2 amide bonds. The zero-order valence-electron chi connectivity index (χ0n) is 12.0. The van der Waals surface area contributed by atoms with Gasteiger partial charge in [0.2, 0.25) is 5.91 Å². The van der Waals surface area contributed by atoms with E-state index in [1.807, 2.05) is 6.92 Å². The Balaban J connectivity index is 0.00000220. The second-order valence-electron chi connectivity index (χ2n) is 4.93. The van der Waals surface area contributed by atoms with E-state index in [2.05, 4.69) is 10.6 Å². The van der Waals surface area contributed by atoms with Crippen molar-refractivity contribution < 1.29 is 14.0 Å². The first kappa shape index (κ1) is 17.4. The molecule has 0 aromatic heterocycles. The highest BCUT2D eigenvalue weighted by Gasteiger charge is 2.26. The highest BCUT2D eigenvalue weighted by molar-refractivity contribution is 5.97. The van der Waals surface area contributed by atoms with Gasteiger partial charge in [-0.3, -0.25) is 9.59 Å². The van der Waals surface area contributed by atoms with Gasteiger partial charge in [0.1, 0.15) is 5.82 Å². The van der Waals surface area contributed by atoms with Crippen molar-refractivity contribution in [3.05, 3.63) is 29.6 Å². The molecule has 0 saturated carbocycles. The van der Waals surface area contributed by atoms with E-state index >= 15 is 0 Å². The summed E-state index contributed by atoms with van der Waals surface area (Å²) in [6.45, 7) is 5.22. The van der Waals surface area contributed by atoms with Crippen LogP contribution in [0.25, 0.3) is 0 Å². The van der Waals surface area contributed by atoms with Crippen LogP contribution in [0.1, 0.15) is 24.2 Å². The largest absolute Gasteiger partial charge is 0.333 e. The third-order valence-corrected chi connectivity index (χ3v) is 3.28. The van der Waals surface area contributed by atoms with E-state index in [9.17, 15) is 14.0 Å². The average Bonchev–Trinajstić information content (AvgIpc) is 2.40. The van der Waals surface area contributed by atoms with Gasteiger partial charge >= 0.3 is 0 Å². The molecule has 0 aliphatic carbocycles. The number of carbonyl (C=O) groups excluding carboxylic acids is 2. The van der Waals surface area contributed by atoms with Crippen LogP contribution in [0.15, 0.2) is 18.2 Å². The Morgan fingerprint density at radius 1 is 1.43 bits per heavy atom. The molecule has 1 aromatic rings. The molecule has 1 aliphatic rings. The maximum atomic E-state index is 13.9. The number of benzene rings is 1. The number of hydrogen-bond donors (Lipinski definition) is 2. The minimum atomic E-state index is -0.574. The molecule has 0 bridgehead atoms. The van der Waals surface area contributed by atoms with Crippen LogP contribution < -0.4 is 10.6 Å². The Bertz CT molecular complexity index is 539. The Labute approximate surface area is 129 Å². The van der Waals surface area contributed by atoms with Crippen LogP contribution >= 0.6 is 12.4 Å². The summed E-state index contributed by atoms with van der Waals surface area (Å²) in [4.78, 5) is 25.1. The van der Waals surface area contributed by atoms with Gasteiger partial charge < -0.3 is 15.5 Å². The van der Waals surface area contributed by atoms with Crippen molar-refractivity contribution in [2.75, 3.05) is 25.0 Å². The molecule has 21 heavy (non-hydrogen) atoms. The number of piperazine rings is 1. The summed E-state index contributed by atoms with van der Waals surface area (Å²) in [5, 5.41) is 5.73. The number of anilines is 1. The number of nitrogens with zero attached hydrogens (tertiary/aromatic N) is 1. The van der Waals surface area contributed by atoms with Gasteiger partial charge in [-0.2, -0.15) is 0 Å². The quantitative estimate of drug-likeness (QED) is 0.872. The van der Waals surface area contributed by atoms with Gasteiger partial charge in [-0.25, -0.2) is 4.39 Å². The molecular formula is C14H19ClFN3O2. The topological polar surface area (TPSA) is 61.4 Å². The minimum absolute atomic E-state index is 0. The van der Waals surface area contributed by atoms with Crippen LogP contribution in [-0.4, -0.2) is 42.4 Å². The Morgan fingerprint density at radius 2 is 2.14 bits per heavy atom. The summed E-state index contributed by atoms with van der Waals surface area (Å²) in [5.74, 6) is -1.18. The Morgan fingerprint density at radius 3 is 2.76 bits per heavy atom. The zero-order valence-corrected chi connectivity index (χ0v) is 12.8. The van der Waals surface area contributed by atoms with Crippen molar-refractivity contribution >= 4 is 29.9 Å². The van der Waals surface area contributed by atoms with Crippen molar-refractivity contribution in [2.45, 2.75) is 19.9 Å². The molecule has 1 aromatic carbocycles. The van der Waals surface area contributed by atoms with Crippen LogP contribution in [-0.2, 0) is 4.79 Å². The molecule has 0 unspecified atom stereocenters. The van der Waals surface area contributed by atoms with E-state index in [-0.39, 0.29) is 35.8 Å². The van der Waals surface area contributed by atoms with E-state index in [0.717, 1.165) is 0 Å². The highest BCUT2D eigenvalue weighted by Crippen LogP contribution is 2.18. The van der Waals surface area contributed by atoms with Crippen molar-refractivity contribution in [1.82, 2.24) is 10.2 Å². The number of amides is 2. The first-order valence-corrected chi connectivity index (χ1v) is 6.58. The number of nitrogens with one attached hydrogen (secondary N) is 2. The van der Waals surface area contributed by atoms with Crippen molar-refractivity contribution in [3.63, 3.8) is 0 Å². The monoisotopic (exact) mass is 315 g/mol. The minimum Gasteiger partial charge on any atom is -0.333 e. The smallest absolute Gasteiger partial charge is 0.257 e. The SMILES string of the molecule is CC(=O)Nc1ccc(F)c(C(=O)N2CCNC[C@H]2C)c1.Cl. The second-order valence-corrected chi connectivity index (χ2v) is 4.93. The fourth-order valence-corrected chi connectivity index (χ4v) is 2.27. The molecule has 1 saturated heterocycles. The number of carbonyl (C=O) groups is 2. The third-order valence-electron chi connectivity index (χ3n) is 3.28.